The van der Waals surface area contributed by atoms with E-state index in [1.807, 2.05) is 24.3 Å². The predicted molar refractivity (Wildman–Crippen MR) is 138 cm³/mol. The molecule has 0 aliphatic heterocycles. The first-order valence-corrected chi connectivity index (χ1v) is 12.8. The first-order valence-electron chi connectivity index (χ1n) is 9.66. The highest BCUT2D eigenvalue weighted by molar-refractivity contribution is 9.11. The second kappa shape index (κ2) is 8.76. The second-order valence-electron chi connectivity index (χ2n) is 8.62. The zero-order chi connectivity index (χ0) is 22.4. The topological polar surface area (TPSA) is 40.5 Å². The van der Waals surface area contributed by atoms with E-state index in [9.17, 15) is 10.2 Å². The van der Waals surface area contributed by atoms with Gasteiger partial charge in [-0.05, 0) is 111 Å². The van der Waals surface area contributed by atoms with Crippen LogP contribution >= 0.6 is 63.7 Å². The van der Waals surface area contributed by atoms with Crippen molar-refractivity contribution in [2.24, 2.45) is 5.92 Å². The standard InChI is InChI=1S/C24H24Br4O2/c1-13(2)24(16-10-19(27)22(30)20(28)11-16)7-5-6-14(12-24)23(3,4)15-8-17(25)21(29)18(26)9-15/h5-11,13,29-30H,12H2,1-4H3. The maximum atomic E-state index is 10.2. The Bertz CT molecular complexity index is 1010. The molecule has 2 N–H and O–H groups in total. The van der Waals surface area contributed by atoms with Crippen LogP contribution < -0.4 is 0 Å². The van der Waals surface area contributed by atoms with Crippen LogP contribution in [0.5, 0.6) is 11.5 Å². The minimum Gasteiger partial charge on any atom is -0.506 e. The van der Waals surface area contributed by atoms with Crippen molar-refractivity contribution in [3.05, 3.63) is 77.1 Å². The largest absolute Gasteiger partial charge is 0.506 e. The average Bonchev–Trinajstić information content (AvgIpc) is 2.69. The van der Waals surface area contributed by atoms with Gasteiger partial charge in [-0.1, -0.05) is 51.5 Å². The average molecular weight is 664 g/mol. The van der Waals surface area contributed by atoms with Gasteiger partial charge in [0.15, 0.2) is 0 Å². The molecular weight excluding hydrogens is 640 g/mol. The molecule has 0 aromatic heterocycles. The molecule has 0 saturated carbocycles. The molecule has 0 spiro atoms. The summed E-state index contributed by atoms with van der Waals surface area (Å²) < 4.78 is 2.71. The van der Waals surface area contributed by atoms with Crippen molar-refractivity contribution in [3.8, 4) is 11.5 Å². The van der Waals surface area contributed by atoms with Gasteiger partial charge >= 0.3 is 0 Å². The smallest absolute Gasteiger partial charge is 0.143 e. The summed E-state index contributed by atoms with van der Waals surface area (Å²) in [7, 11) is 0. The van der Waals surface area contributed by atoms with E-state index < -0.39 is 0 Å². The van der Waals surface area contributed by atoms with Gasteiger partial charge in [-0.25, -0.2) is 0 Å². The van der Waals surface area contributed by atoms with E-state index in [-0.39, 0.29) is 22.3 Å². The number of phenols is 2. The lowest BCUT2D eigenvalue weighted by atomic mass is 9.61. The zero-order valence-corrected chi connectivity index (χ0v) is 23.6. The van der Waals surface area contributed by atoms with E-state index >= 15 is 0 Å². The van der Waals surface area contributed by atoms with Gasteiger partial charge < -0.3 is 10.2 Å². The Morgan fingerprint density at radius 2 is 1.33 bits per heavy atom. The second-order valence-corrected chi connectivity index (χ2v) is 12.0. The molecule has 0 saturated heterocycles. The summed E-state index contributed by atoms with van der Waals surface area (Å²) in [5.41, 5.74) is 3.13. The summed E-state index contributed by atoms with van der Waals surface area (Å²) in [5, 5.41) is 20.3. The van der Waals surface area contributed by atoms with Gasteiger partial charge in [0.25, 0.3) is 0 Å². The monoisotopic (exact) mass is 660 g/mol. The maximum absolute atomic E-state index is 10.2. The van der Waals surface area contributed by atoms with E-state index in [0.29, 0.717) is 23.8 Å². The third kappa shape index (κ3) is 4.22. The number of halogens is 4. The van der Waals surface area contributed by atoms with Gasteiger partial charge in [0.2, 0.25) is 0 Å². The van der Waals surface area contributed by atoms with Crippen LogP contribution in [0.4, 0.5) is 0 Å². The van der Waals surface area contributed by atoms with E-state index in [2.05, 4.69) is 110 Å². The molecule has 2 aromatic rings. The van der Waals surface area contributed by atoms with Crippen LogP contribution in [0.25, 0.3) is 0 Å². The van der Waals surface area contributed by atoms with Crippen LogP contribution in [0.2, 0.25) is 0 Å². The Morgan fingerprint density at radius 1 is 0.867 bits per heavy atom. The van der Waals surface area contributed by atoms with Crippen LogP contribution in [0.3, 0.4) is 0 Å². The number of hydrogen-bond acceptors (Lipinski definition) is 2. The van der Waals surface area contributed by atoms with Gasteiger partial charge in [0, 0.05) is 10.8 Å². The van der Waals surface area contributed by atoms with Crippen molar-refractivity contribution in [2.75, 3.05) is 0 Å². The normalized spacial score (nSPS) is 19.3. The summed E-state index contributed by atoms with van der Waals surface area (Å²) in [5.74, 6) is 0.768. The van der Waals surface area contributed by atoms with E-state index in [1.165, 1.54) is 5.57 Å². The van der Waals surface area contributed by atoms with Crippen molar-refractivity contribution in [3.63, 3.8) is 0 Å². The molecule has 1 aliphatic carbocycles. The summed E-state index contributed by atoms with van der Waals surface area (Å²) in [4.78, 5) is 0. The van der Waals surface area contributed by atoms with Crippen molar-refractivity contribution in [1.82, 2.24) is 0 Å². The fourth-order valence-electron chi connectivity index (χ4n) is 4.07. The SMILES string of the molecule is CC(C)C1(c2cc(Br)c(O)c(Br)c2)C=CC=C(C(C)(C)c2cc(Br)c(O)c(Br)c2)C1. The lowest BCUT2D eigenvalue weighted by molar-refractivity contribution is 0.358. The van der Waals surface area contributed by atoms with Gasteiger partial charge in [-0.2, -0.15) is 0 Å². The number of rotatable bonds is 4. The third-order valence-electron chi connectivity index (χ3n) is 6.30. The third-order valence-corrected chi connectivity index (χ3v) is 8.72. The van der Waals surface area contributed by atoms with Crippen molar-refractivity contribution >= 4 is 63.7 Å². The Hall–Kier alpha value is -0.560. The molecule has 2 nitrogen and oxygen atoms in total. The first kappa shape index (κ1) is 24.1. The van der Waals surface area contributed by atoms with Crippen LogP contribution in [0.15, 0.2) is 66.0 Å². The number of benzene rings is 2. The Labute approximate surface area is 212 Å². The molecule has 1 aliphatic rings. The Kier molecular flexibility index (Phi) is 7.03. The zero-order valence-electron chi connectivity index (χ0n) is 17.2. The van der Waals surface area contributed by atoms with Crippen molar-refractivity contribution in [2.45, 2.75) is 44.9 Å². The first-order chi connectivity index (χ1) is 13.9. The fourth-order valence-corrected chi connectivity index (χ4v) is 6.45. The lowest BCUT2D eigenvalue weighted by Crippen LogP contribution is -2.36. The highest BCUT2D eigenvalue weighted by Gasteiger charge is 2.40. The van der Waals surface area contributed by atoms with Crippen molar-refractivity contribution in [1.29, 1.82) is 0 Å². The molecule has 3 rings (SSSR count). The van der Waals surface area contributed by atoms with Crippen molar-refractivity contribution < 1.29 is 10.2 Å². The summed E-state index contributed by atoms with van der Waals surface area (Å²) >= 11 is 13.9. The number of phenolic OH excluding ortho intramolecular Hbond substituents is 2. The molecule has 160 valence electrons. The molecule has 0 radical (unpaired) electrons. The Balaban J connectivity index is 2.10. The minimum atomic E-state index is -0.241. The summed E-state index contributed by atoms with van der Waals surface area (Å²) in [6.07, 6.45) is 7.50. The summed E-state index contributed by atoms with van der Waals surface area (Å²) in [6, 6.07) is 8.02. The lowest BCUT2D eigenvalue weighted by Gasteiger charge is -2.42. The van der Waals surface area contributed by atoms with Crippen LogP contribution in [-0.4, -0.2) is 10.2 Å². The van der Waals surface area contributed by atoms with Crippen LogP contribution in [0, 0.1) is 5.92 Å². The maximum Gasteiger partial charge on any atom is 0.143 e. The molecular formula is C24H24Br4O2. The quantitative estimate of drug-likeness (QED) is 0.343. The number of hydrogen-bond donors (Lipinski definition) is 2. The molecule has 0 heterocycles. The van der Waals surface area contributed by atoms with Gasteiger partial charge in [0.1, 0.15) is 11.5 Å². The molecule has 2 aromatic carbocycles. The minimum absolute atomic E-state index is 0.203. The van der Waals surface area contributed by atoms with E-state index in [4.69, 9.17) is 0 Å². The summed E-state index contributed by atoms with van der Waals surface area (Å²) in [6.45, 7) is 8.92. The molecule has 1 unspecified atom stereocenters. The highest BCUT2D eigenvalue weighted by atomic mass is 79.9. The molecule has 0 amide bonds. The number of aromatic hydroxyl groups is 2. The highest BCUT2D eigenvalue weighted by Crippen LogP contribution is 2.50. The molecule has 1 atom stereocenters. The Morgan fingerprint density at radius 3 is 1.80 bits per heavy atom. The molecule has 30 heavy (non-hydrogen) atoms. The van der Waals surface area contributed by atoms with Crippen LogP contribution in [-0.2, 0) is 10.8 Å². The van der Waals surface area contributed by atoms with Crippen LogP contribution in [0.1, 0.15) is 45.2 Å². The number of allylic oxidation sites excluding steroid dienone is 4. The van der Waals surface area contributed by atoms with E-state index in [1.54, 1.807) is 0 Å². The molecule has 6 heteroatoms. The van der Waals surface area contributed by atoms with Gasteiger partial charge in [0.05, 0.1) is 17.9 Å². The van der Waals surface area contributed by atoms with Gasteiger partial charge in [-0.3, -0.25) is 0 Å². The molecule has 0 bridgehead atoms. The molecule has 0 fully saturated rings. The fraction of sp³-hybridized carbons (Fsp3) is 0.333. The predicted octanol–water partition coefficient (Wildman–Crippen LogP) is 8.91. The van der Waals surface area contributed by atoms with Gasteiger partial charge in [-0.15, -0.1) is 0 Å². The van der Waals surface area contributed by atoms with E-state index in [0.717, 1.165) is 17.5 Å².